The van der Waals surface area contributed by atoms with Gasteiger partial charge in [-0.3, -0.25) is 0 Å². The third-order valence-corrected chi connectivity index (χ3v) is 3.69. The molecular formula is C15H14Cl2FN. The van der Waals surface area contributed by atoms with E-state index in [1.165, 1.54) is 0 Å². The van der Waals surface area contributed by atoms with Crippen molar-refractivity contribution >= 4 is 23.2 Å². The van der Waals surface area contributed by atoms with Crippen molar-refractivity contribution in [2.24, 2.45) is 5.73 Å². The number of nitrogens with two attached hydrogens (primary N) is 1. The van der Waals surface area contributed by atoms with E-state index < -0.39 is 6.04 Å². The monoisotopic (exact) mass is 297 g/mol. The first-order valence-electron chi connectivity index (χ1n) is 5.87. The van der Waals surface area contributed by atoms with Gasteiger partial charge in [0.05, 0.1) is 6.04 Å². The molecule has 0 aliphatic carbocycles. The van der Waals surface area contributed by atoms with Crippen LogP contribution in [0.25, 0.3) is 0 Å². The molecule has 2 aromatic carbocycles. The van der Waals surface area contributed by atoms with Gasteiger partial charge in [0, 0.05) is 10.0 Å². The van der Waals surface area contributed by atoms with Crippen LogP contribution in [0.2, 0.25) is 10.0 Å². The van der Waals surface area contributed by atoms with Crippen LogP contribution in [-0.4, -0.2) is 0 Å². The smallest absolute Gasteiger partial charge is 0.129 e. The number of benzene rings is 2. The molecule has 0 bridgehead atoms. The minimum Gasteiger partial charge on any atom is -0.320 e. The van der Waals surface area contributed by atoms with Crippen LogP contribution >= 0.6 is 23.2 Å². The molecule has 19 heavy (non-hydrogen) atoms. The van der Waals surface area contributed by atoms with E-state index in [9.17, 15) is 4.39 Å². The van der Waals surface area contributed by atoms with Gasteiger partial charge < -0.3 is 5.73 Å². The molecule has 0 heterocycles. The van der Waals surface area contributed by atoms with Gasteiger partial charge in [-0.2, -0.15) is 0 Å². The van der Waals surface area contributed by atoms with Gasteiger partial charge in [-0.25, -0.2) is 4.39 Å². The zero-order chi connectivity index (χ0) is 14.2. The Kier molecular flexibility index (Phi) is 4.14. The summed E-state index contributed by atoms with van der Waals surface area (Å²) in [4.78, 5) is 0. The Morgan fingerprint density at radius 3 is 2.21 bits per heavy atom. The van der Waals surface area contributed by atoms with Crippen molar-refractivity contribution in [2.75, 3.05) is 0 Å². The van der Waals surface area contributed by atoms with Gasteiger partial charge in [-0.1, -0.05) is 35.3 Å². The number of halogens is 3. The molecule has 0 spiro atoms. The topological polar surface area (TPSA) is 26.0 Å². The Morgan fingerprint density at radius 1 is 1.05 bits per heavy atom. The Hall–Kier alpha value is -1.09. The standard InChI is InChI=1S/C15H14Cl2FN/c1-8-5-10(6-9(2)14(8)18)15(19)12-7-11(16)3-4-13(12)17/h3-7,15H,19H2,1-2H3. The molecule has 0 radical (unpaired) electrons. The van der Waals surface area contributed by atoms with E-state index in [4.69, 9.17) is 28.9 Å². The van der Waals surface area contributed by atoms with Gasteiger partial charge in [0.15, 0.2) is 0 Å². The second-order valence-electron chi connectivity index (χ2n) is 4.61. The molecule has 0 saturated carbocycles. The van der Waals surface area contributed by atoms with Crippen molar-refractivity contribution in [3.63, 3.8) is 0 Å². The van der Waals surface area contributed by atoms with Crippen LogP contribution in [0.15, 0.2) is 30.3 Å². The van der Waals surface area contributed by atoms with Crippen LogP contribution in [-0.2, 0) is 0 Å². The summed E-state index contributed by atoms with van der Waals surface area (Å²) in [5, 5.41) is 1.13. The van der Waals surface area contributed by atoms with Crippen molar-refractivity contribution in [1.29, 1.82) is 0 Å². The normalized spacial score (nSPS) is 12.5. The summed E-state index contributed by atoms with van der Waals surface area (Å²) in [6.07, 6.45) is 0. The van der Waals surface area contributed by atoms with Crippen LogP contribution in [0.4, 0.5) is 4.39 Å². The highest BCUT2D eigenvalue weighted by Gasteiger charge is 2.15. The third kappa shape index (κ3) is 2.92. The zero-order valence-electron chi connectivity index (χ0n) is 10.7. The Labute approximate surface area is 122 Å². The number of rotatable bonds is 2. The molecule has 100 valence electrons. The number of hydrogen-bond donors (Lipinski definition) is 1. The molecule has 1 atom stereocenters. The molecule has 1 nitrogen and oxygen atoms in total. The van der Waals surface area contributed by atoms with E-state index in [1.54, 1.807) is 44.2 Å². The van der Waals surface area contributed by atoms with Crippen LogP contribution in [0, 0.1) is 19.7 Å². The van der Waals surface area contributed by atoms with Crippen molar-refractivity contribution < 1.29 is 4.39 Å². The minimum atomic E-state index is -0.427. The predicted octanol–water partition coefficient (Wildman–Crippen LogP) is 4.80. The van der Waals surface area contributed by atoms with Crippen molar-refractivity contribution in [2.45, 2.75) is 19.9 Å². The average Bonchev–Trinajstić information content (AvgIpc) is 2.37. The van der Waals surface area contributed by atoms with Gasteiger partial charge in [-0.05, 0) is 54.3 Å². The van der Waals surface area contributed by atoms with E-state index in [0.29, 0.717) is 21.2 Å². The first-order valence-corrected chi connectivity index (χ1v) is 6.63. The SMILES string of the molecule is Cc1cc(C(N)c2cc(Cl)ccc2Cl)cc(C)c1F. The first kappa shape index (κ1) is 14.3. The molecule has 0 amide bonds. The predicted molar refractivity (Wildman–Crippen MR) is 78.4 cm³/mol. The van der Waals surface area contributed by atoms with Crippen molar-refractivity contribution in [3.8, 4) is 0 Å². The second-order valence-corrected chi connectivity index (χ2v) is 5.46. The summed E-state index contributed by atoms with van der Waals surface area (Å²) in [5.74, 6) is -0.201. The number of aryl methyl sites for hydroxylation is 2. The van der Waals surface area contributed by atoms with E-state index in [2.05, 4.69) is 0 Å². The van der Waals surface area contributed by atoms with Crippen LogP contribution in [0.3, 0.4) is 0 Å². The van der Waals surface area contributed by atoms with Gasteiger partial charge in [0.2, 0.25) is 0 Å². The van der Waals surface area contributed by atoms with Gasteiger partial charge in [0.25, 0.3) is 0 Å². The van der Waals surface area contributed by atoms with Crippen molar-refractivity contribution in [1.82, 2.24) is 0 Å². The van der Waals surface area contributed by atoms with Gasteiger partial charge in [0.1, 0.15) is 5.82 Å². The first-order chi connectivity index (χ1) is 8.90. The molecule has 2 rings (SSSR count). The lowest BCUT2D eigenvalue weighted by molar-refractivity contribution is 0.607. The second kappa shape index (κ2) is 5.49. The fourth-order valence-corrected chi connectivity index (χ4v) is 2.51. The van der Waals surface area contributed by atoms with Gasteiger partial charge in [-0.15, -0.1) is 0 Å². The van der Waals surface area contributed by atoms with Crippen LogP contribution < -0.4 is 5.73 Å². The summed E-state index contributed by atoms with van der Waals surface area (Å²) < 4.78 is 13.6. The lowest BCUT2D eigenvalue weighted by Gasteiger charge is -2.16. The number of hydrogen-bond acceptors (Lipinski definition) is 1. The fourth-order valence-electron chi connectivity index (χ4n) is 2.09. The van der Waals surface area contributed by atoms with E-state index in [1.807, 2.05) is 0 Å². The largest absolute Gasteiger partial charge is 0.320 e. The lowest BCUT2D eigenvalue weighted by Crippen LogP contribution is -2.13. The highest BCUT2D eigenvalue weighted by atomic mass is 35.5. The Bertz CT molecular complexity index is 603. The highest BCUT2D eigenvalue weighted by Crippen LogP contribution is 2.30. The molecule has 0 fully saturated rings. The maximum atomic E-state index is 13.6. The summed E-state index contributed by atoms with van der Waals surface area (Å²) >= 11 is 12.1. The lowest BCUT2D eigenvalue weighted by atomic mass is 9.96. The molecule has 4 heteroatoms. The minimum absolute atomic E-state index is 0.201. The van der Waals surface area contributed by atoms with Crippen molar-refractivity contribution in [3.05, 3.63) is 68.4 Å². The van der Waals surface area contributed by atoms with E-state index in [-0.39, 0.29) is 5.82 Å². The molecule has 2 aromatic rings. The summed E-state index contributed by atoms with van der Waals surface area (Å²) in [7, 11) is 0. The molecule has 0 aliphatic heterocycles. The Morgan fingerprint density at radius 2 is 1.63 bits per heavy atom. The highest BCUT2D eigenvalue weighted by molar-refractivity contribution is 6.33. The Balaban J connectivity index is 2.49. The van der Waals surface area contributed by atoms with Gasteiger partial charge >= 0.3 is 0 Å². The van der Waals surface area contributed by atoms with E-state index >= 15 is 0 Å². The molecule has 0 saturated heterocycles. The van der Waals surface area contributed by atoms with Crippen LogP contribution in [0.5, 0.6) is 0 Å². The molecule has 2 N–H and O–H groups in total. The van der Waals surface area contributed by atoms with E-state index in [0.717, 1.165) is 11.1 Å². The molecule has 1 unspecified atom stereocenters. The average molecular weight is 298 g/mol. The van der Waals surface area contributed by atoms with Crippen LogP contribution in [0.1, 0.15) is 28.3 Å². The quantitative estimate of drug-likeness (QED) is 0.847. The fraction of sp³-hybridized carbons (Fsp3) is 0.200. The molecule has 0 aromatic heterocycles. The maximum absolute atomic E-state index is 13.6. The zero-order valence-corrected chi connectivity index (χ0v) is 12.2. The molecule has 0 aliphatic rings. The summed E-state index contributed by atoms with van der Waals surface area (Å²) in [5.41, 5.74) is 8.91. The third-order valence-electron chi connectivity index (χ3n) is 3.11. The maximum Gasteiger partial charge on any atom is 0.129 e. The molecular weight excluding hydrogens is 284 g/mol. The summed E-state index contributed by atoms with van der Waals surface area (Å²) in [6.45, 7) is 3.44. The summed E-state index contributed by atoms with van der Waals surface area (Å²) in [6, 6.07) is 8.21.